The topological polar surface area (TPSA) is 21.3 Å². The van der Waals surface area contributed by atoms with Gasteiger partial charge in [0.25, 0.3) is 0 Å². The second-order valence-electron chi connectivity index (χ2n) is 5.08. The van der Waals surface area contributed by atoms with Crippen LogP contribution in [-0.4, -0.2) is 13.2 Å². The van der Waals surface area contributed by atoms with Crippen LogP contribution < -0.4 is 10.1 Å². The van der Waals surface area contributed by atoms with Gasteiger partial charge >= 0.3 is 0 Å². The van der Waals surface area contributed by atoms with Gasteiger partial charge in [0.05, 0.1) is 7.11 Å². The summed E-state index contributed by atoms with van der Waals surface area (Å²) in [5.41, 5.74) is 3.07. The lowest BCUT2D eigenvalue weighted by molar-refractivity contribution is 0.386. The van der Waals surface area contributed by atoms with Crippen molar-refractivity contribution in [2.45, 2.75) is 26.4 Å². The van der Waals surface area contributed by atoms with Crippen molar-refractivity contribution < 1.29 is 9.13 Å². The van der Waals surface area contributed by atoms with Gasteiger partial charge in [-0.05, 0) is 28.8 Å². The number of hydrogen-bond acceptors (Lipinski definition) is 2. The summed E-state index contributed by atoms with van der Waals surface area (Å²) >= 11 is 0. The number of rotatable bonds is 5. The van der Waals surface area contributed by atoms with E-state index in [-0.39, 0.29) is 11.6 Å². The zero-order valence-electron chi connectivity index (χ0n) is 12.1. The van der Waals surface area contributed by atoms with Crippen molar-refractivity contribution in [3.8, 4) is 16.9 Å². The Balaban J connectivity index is 2.15. The van der Waals surface area contributed by atoms with Crippen molar-refractivity contribution in [3.05, 3.63) is 53.8 Å². The summed E-state index contributed by atoms with van der Waals surface area (Å²) in [6.07, 6.45) is 0. The van der Waals surface area contributed by atoms with Crippen LogP contribution in [0.3, 0.4) is 0 Å². The summed E-state index contributed by atoms with van der Waals surface area (Å²) in [6, 6.07) is 13.6. The molecule has 0 saturated carbocycles. The van der Waals surface area contributed by atoms with Gasteiger partial charge in [-0.25, -0.2) is 4.39 Å². The van der Waals surface area contributed by atoms with Crippen molar-refractivity contribution in [2.75, 3.05) is 7.11 Å². The highest BCUT2D eigenvalue weighted by Gasteiger charge is 2.05. The maximum atomic E-state index is 13.7. The summed E-state index contributed by atoms with van der Waals surface area (Å²) in [4.78, 5) is 0. The van der Waals surface area contributed by atoms with Gasteiger partial charge in [-0.15, -0.1) is 0 Å². The first-order chi connectivity index (χ1) is 9.60. The molecule has 0 atom stereocenters. The number of halogens is 1. The molecule has 0 bridgehead atoms. The molecule has 0 aromatic heterocycles. The number of benzene rings is 2. The molecule has 106 valence electrons. The van der Waals surface area contributed by atoms with Crippen LogP contribution in [0, 0.1) is 5.82 Å². The normalized spacial score (nSPS) is 10.8. The van der Waals surface area contributed by atoms with Crippen molar-refractivity contribution in [3.63, 3.8) is 0 Å². The molecule has 2 nitrogen and oxygen atoms in total. The van der Waals surface area contributed by atoms with E-state index in [0.29, 0.717) is 6.04 Å². The summed E-state index contributed by atoms with van der Waals surface area (Å²) in [5.74, 6) is -0.0675. The third-order valence-corrected chi connectivity index (χ3v) is 3.15. The van der Waals surface area contributed by atoms with Gasteiger partial charge in [0, 0.05) is 12.6 Å². The average molecular weight is 273 g/mol. The first-order valence-corrected chi connectivity index (χ1v) is 6.76. The monoisotopic (exact) mass is 273 g/mol. The lowest BCUT2D eigenvalue weighted by atomic mass is 10.0. The van der Waals surface area contributed by atoms with Crippen molar-refractivity contribution in [1.82, 2.24) is 5.32 Å². The van der Waals surface area contributed by atoms with Crippen LogP contribution in [0.25, 0.3) is 11.1 Å². The van der Waals surface area contributed by atoms with Gasteiger partial charge in [0.15, 0.2) is 11.6 Å². The van der Waals surface area contributed by atoms with E-state index in [4.69, 9.17) is 4.74 Å². The van der Waals surface area contributed by atoms with Crippen molar-refractivity contribution in [1.29, 1.82) is 0 Å². The van der Waals surface area contributed by atoms with Crippen LogP contribution in [0.5, 0.6) is 5.75 Å². The van der Waals surface area contributed by atoms with Gasteiger partial charge in [-0.1, -0.05) is 44.2 Å². The van der Waals surface area contributed by atoms with E-state index in [1.807, 2.05) is 18.2 Å². The molecule has 2 aromatic rings. The fraction of sp³-hybridized carbons (Fsp3) is 0.294. The van der Waals surface area contributed by atoms with Gasteiger partial charge in [-0.2, -0.15) is 0 Å². The Hall–Kier alpha value is -1.87. The second-order valence-corrected chi connectivity index (χ2v) is 5.08. The molecule has 20 heavy (non-hydrogen) atoms. The molecular weight excluding hydrogens is 253 g/mol. The molecule has 0 saturated heterocycles. The quantitative estimate of drug-likeness (QED) is 0.889. The lowest BCUT2D eigenvalue weighted by Crippen LogP contribution is -2.21. The van der Waals surface area contributed by atoms with E-state index in [0.717, 1.165) is 17.7 Å². The molecule has 2 aromatic carbocycles. The van der Waals surface area contributed by atoms with Crippen LogP contribution in [0.1, 0.15) is 19.4 Å². The molecule has 0 amide bonds. The molecule has 0 aliphatic rings. The van der Waals surface area contributed by atoms with Crippen molar-refractivity contribution >= 4 is 0 Å². The predicted octanol–water partition coefficient (Wildman–Crippen LogP) is 4.00. The molecule has 1 N–H and O–H groups in total. The Morgan fingerprint density at radius 2 is 1.70 bits per heavy atom. The number of hydrogen-bond donors (Lipinski definition) is 1. The summed E-state index contributed by atoms with van der Waals surface area (Å²) in [6.45, 7) is 5.08. The molecular formula is C17H20FNO. The largest absolute Gasteiger partial charge is 0.494 e. The average Bonchev–Trinajstić information content (AvgIpc) is 2.45. The van der Waals surface area contributed by atoms with E-state index in [9.17, 15) is 4.39 Å². The molecule has 0 spiro atoms. The van der Waals surface area contributed by atoms with E-state index in [2.05, 4.69) is 31.3 Å². The SMILES string of the molecule is COc1ccc(-c2ccc(CNC(C)C)cc2)cc1F. The standard InChI is InChI=1S/C17H20FNO/c1-12(2)19-11-13-4-6-14(7-5-13)15-8-9-17(20-3)16(18)10-15/h4-10,12,19H,11H2,1-3H3. The molecule has 0 radical (unpaired) electrons. The minimum atomic E-state index is -0.337. The Bertz CT molecular complexity index is 564. The Kier molecular flexibility index (Phi) is 4.74. The smallest absolute Gasteiger partial charge is 0.165 e. The molecule has 0 unspecified atom stereocenters. The van der Waals surface area contributed by atoms with Gasteiger partial charge in [-0.3, -0.25) is 0 Å². The third-order valence-electron chi connectivity index (χ3n) is 3.15. The van der Waals surface area contributed by atoms with Crippen LogP contribution in [0.4, 0.5) is 4.39 Å². The second kappa shape index (κ2) is 6.53. The minimum absolute atomic E-state index is 0.270. The highest BCUT2D eigenvalue weighted by molar-refractivity contribution is 5.64. The van der Waals surface area contributed by atoms with E-state index >= 15 is 0 Å². The molecule has 0 heterocycles. The zero-order chi connectivity index (χ0) is 14.5. The zero-order valence-corrected chi connectivity index (χ0v) is 12.1. The fourth-order valence-electron chi connectivity index (χ4n) is 1.98. The molecule has 2 rings (SSSR count). The van der Waals surface area contributed by atoms with Crippen molar-refractivity contribution in [2.24, 2.45) is 0 Å². The van der Waals surface area contributed by atoms with E-state index in [1.165, 1.54) is 18.7 Å². The maximum absolute atomic E-state index is 13.7. The van der Waals surface area contributed by atoms with Crippen LogP contribution in [-0.2, 0) is 6.54 Å². The van der Waals surface area contributed by atoms with Crippen LogP contribution in [0.15, 0.2) is 42.5 Å². The minimum Gasteiger partial charge on any atom is -0.494 e. The lowest BCUT2D eigenvalue weighted by Gasteiger charge is -2.09. The fourth-order valence-corrected chi connectivity index (χ4v) is 1.98. The van der Waals surface area contributed by atoms with Crippen LogP contribution >= 0.6 is 0 Å². The maximum Gasteiger partial charge on any atom is 0.165 e. The number of methoxy groups -OCH3 is 1. The summed E-state index contributed by atoms with van der Waals surface area (Å²) in [7, 11) is 1.47. The van der Waals surface area contributed by atoms with Gasteiger partial charge < -0.3 is 10.1 Å². The highest BCUT2D eigenvalue weighted by atomic mass is 19.1. The first kappa shape index (κ1) is 14.5. The first-order valence-electron chi connectivity index (χ1n) is 6.76. The Morgan fingerprint density at radius 1 is 1.05 bits per heavy atom. The molecule has 0 fully saturated rings. The summed E-state index contributed by atoms with van der Waals surface area (Å²) < 4.78 is 18.6. The van der Waals surface area contributed by atoms with E-state index in [1.54, 1.807) is 6.07 Å². The third kappa shape index (κ3) is 3.58. The van der Waals surface area contributed by atoms with Gasteiger partial charge in [0.1, 0.15) is 0 Å². The Morgan fingerprint density at radius 3 is 2.25 bits per heavy atom. The molecule has 0 aliphatic carbocycles. The number of ether oxygens (including phenoxy) is 1. The van der Waals surface area contributed by atoms with E-state index < -0.39 is 0 Å². The van der Waals surface area contributed by atoms with Crippen LogP contribution in [0.2, 0.25) is 0 Å². The van der Waals surface area contributed by atoms with Gasteiger partial charge in [0.2, 0.25) is 0 Å². The number of nitrogens with one attached hydrogen (secondary N) is 1. The highest BCUT2D eigenvalue weighted by Crippen LogP contribution is 2.25. The molecule has 3 heteroatoms. The Labute approximate surface area is 119 Å². The molecule has 0 aliphatic heterocycles. The summed E-state index contributed by atoms with van der Waals surface area (Å²) in [5, 5.41) is 3.37. The predicted molar refractivity (Wildman–Crippen MR) is 80.4 cm³/mol.